The van der Waals surface area contributed by atoms with E-state index in [-0.39, 0.29) is 31.2 Å². The zero-order valence-corrected chi connectivity index (χ0v) is 16.5. The van der Waals surface area contributed by atoms with Gasteiger partial charge in [0.25, 0.3) is 5.91 Å². The van der Waals surface area contributed by atoms with E-state index in [2.05, 4.69) is 15.6 Å². The minimum absolute atomic E-state index is 0.0363. The number of benzene rings is 1. The van der Waals surface area contributed by atoms with Crippen molar-refractivity contribution in [2.24, 2.45) is 0 Å². The van der Waals surface area contributed by atoms with Crippen molar-refractivity contribution in [1.29, 1.82) is 0 Å². The predicted molar refractivity (Wildman–Crippen MR) is 106 cm³/mol. The highest BCUT2D eigenvalue weighted by Gasteiger charge is 2.13. The van der Waals surface area contributed by atoms with E-state index in [9.17, 15) is 14.4 Å². The van der Waals surface area contributed by atoms with E-state index >= 15 is 0 Å². The molecule has 0 saturated carbocycles. The summed E-state index contributed by atoms with van der Waals surface area (Å²) in [4.78, 5) is 39.9. The van der Waals surface area contributed by atoms with Crippen LogP contribution in [-0.4, -0.2) is 29.3 Å². The highest BCUT2D eigenvalue weighted by molar-refractivity contribution is 7.09. The summed E-state index contributed by atoms with van der Waals surface area (Å²) in [5.74, 6) is -1.15. The molecule has 0 spiro atoms. The third-order valence-corrected chi connectivity index (χ3v) is 4.75. The molecule has 0 radical (unpaired) electrons. The fourth-order valence-electron chi connectivity index (χ4n) is 2.39. The molecule has 29 heavy (non-hydrogen) atoms. The Balaban J connectivity index is 1.41. The van der Waals surface area contributed by atoms with Crippen molar-refractivity contribution in [2.45, 2.75) is 20.0 Å². The zero-order valence-electron chi connectivity index (χ0n) is 15.6. The molecule has 2 aromatic heterocycles. The number of rotatable bonds is 8. The number of nitrogens with one attached hydrogen (secondary N) is 2. The number of thiazole rings is 1. The molecule has 150 valence electrons. The minimum atomic E-state index is -0.600. The van der Waals surface area contributed by atoms with Gasteiger partial charge in [0, 0.05) is 11.1 Å². The monoisotopic (exact) mass is 413 g/mol. The van der Waals surface area contributed by atoms with Crippen molar-refractivity contribution in [3.63, 3.8) is 0 Å². The minimum Gasteiger partial charge on any atom is -0.459 e. The number of esters is 1. The molecule has 2 N–H and O–H groups in total. The zero-order chi connectivity index (χ0) is 20.6. The average Bonchev–Trinajstić information content (AvgIpc) is 3.38. The van der Waals surface area contributed by atoms with Crippen molar-refractivity contribution < 1.29 is 23.5 Å². The van der Waals surface area contributed by atoms with Crippen molar-refractivity contribution in [3.05, 3.63) is 70.1 Å². The standard InChI is InChI=1S/C20H19N3O5S/c1-13-5-2-3-6-15(13)23-17(24)9-18-22-14(12-29-18)11-28-19(25)10-21-20(26)16-7-4-8-27-16/h2-8,12H,9-11H2,1H3,(H,21,26)(H,23,24). The van der Waals surface area contributed by atoms with E-state index in [4.69, 9.17) is 9.15 Å². The van der Waals surface area contributed by atoms with Crippen molar-refractivity contribution in [3.8, 4) is 0 Å². The predicted octanol–water partition coefficient (Wildman–Crippen LogP) is 2.70. The van der Waals surface area contributed by atoms with Crippen molar-refractivity contribution in [1.82, 2.24) is 10.3 Å². The Morgan fingerprint density at radius 2 is 2.00 bits per heavy atom. The molecule has 8 nitrogen and oxygen atoms in total. The second-order valence-corrected chi connectivity index (χ2v) is 7.04. The number of amides is 2. The summed E-state index contributed by atoms with van der Waals surface area (Å²) in [7, 11) is 0. The van der Waals surface area contributed by atoms with E-state index in [1.807, 2.05) is 31.2 Å². The van der Waals surface area contributed by atoms with Crippen LogP contribution in [0.5, 0.6) is 0 Å². The van der Waals surface area contributed by atoms with Crippen LogP contribution in [0.4, 0.5) is 5.69 Å². The van der Waals surface area contributed by atoms with E-state index in [1.165, 1.54) is 23.7 Å². The largest absolute Gasteiger partial charge is 0.459 e. The van der Waals surface area contributed by atoms with Crippen molar-refractivity contribution in [2.75, 3.05) is 11.9 Å². The molecule has 0 fully saturated rings. The van der Waals surface area contributed by atoms with Crippen LogP contribution >= 0.6 is 11.3 Å². The lowest BCUT2D eigenvalue weighted by atomic mass is 10.2. The van der Waals surface area contributed by atoms with Crippen LogP contribution in [0.1, 0.15) is 26.8 Å². The van der Waals surface area contributed by atoms with Gasteiger partial charge in [-0.15, -0.1) is 11.3 Å². The van der Waals surface area contributed by atoms with Gasteiger partial charge in [0.1, 0.15) is 18.2 Å². The molecular formula is C20H19N3O5S. The maximum absolute atomic E-state index is 12.2. The third-order valence-electron chi connectivity index (χ3n) is 3.85. The fraction of sp³-hybridized carbons (Fsp3) is 0.200. The molecule has 3 rings (SSSR count). The highest BCUT2D eigenvalue weighted by atomic mass is 32.1. The number of aromatic nitrogens is 1. The number of hydrogen-bond acceptors (Lipinski definition) is 7. The molecule has 3 aromatic rings. The maximum Gasteiger partial charge on any atom is 0.325 e. The molecule has 2 amide bonds. The number of para-hydroxylation sites is 1. The summed E-state index contributed by atoms with van der Waals surface area (Å²) in [6.07, 6.45) is 1.50. The summed E-state index contributed by atoms with van der Waals surface area (Å²) in [6.45, 7) is 1.60. The number of furan rings is 1. The van der Waals surface area contributed by atoms with Gasteiger partial charge in [-0.25, -0.2) is 4.98 Å². The molecule has 0 aliphatic heterocycles. The Labute approximate surface area is 170 Å². The topological polar surface area (TPSA) is 111 Å². The molecule has 0 unspecified atom stereocenters. The smallest absolute Gasteiger partial charge is 0.325 e. The first-order valence-electron chi connectivity index (χ1n) is 8.77. The van der Waals surface area contributed by atoms with Crippen molar-refractivity contribution >= 4 is 34.8 Å². The molecule has 2 heterocycles. The lowest BCUT2D eigenvalue weighted by Crippen LogP contribution is -2.30. The SMILES string of the molecule is Cc1ccccc1NC(=O)Cc1nc(COC(=O)CNC(=O)c2ccco2)cs1. The lowest BCUT2D eigenvalue weighted by molar-refractivity contribution is -0.143. The summed E-state index contributed by atoms with van der Waals surface area (Å²) in [6, 6.07) is 10.6. The van der Waals surface area contributed by atoms with Crippen LogP contribution in [0.3, 0.4) is 0 Å². The second-order valence-electron chi connectivity index (χ2n) is 6.09. The average molecular weight is 413 g/mol. The van der Waals surface area contributed by atoms with Gasteiger partial charge in [-0.1, -0.05) is 18.2 Å². The van der Waals surface area contributed by atoms with Crippen LogP contribution in [-0.2, 0) is 27.4 Å². The van der Waals surface area contributed by atoms with Gasteiger partial charge in [0.2, 0.25) is 5.91 Å². The van der Waals surface area contributed by atoms with Crippen LogP contribution < -0.4 is 10.6 Å². The molecule has 0 aliphatic carbocycles. The van der Waals surface area contributed by atoms with E-state index in [0.717, 1.165) is 11.3 Å². The van der Waals surface area contributed by atoms with E-state index < -0.39 is 11.9 Å². The molecule has 0 saturated heterocycles. The molecule has 1 aromatic carbocycles. The molecule has 0 bridgehead atoms. The van der Waals surface area contributed by atoms with Gasteiger partial charge in [-0.05, 0) is 30.7 Å². The number of anilines is 1. The summed E-state index contributed by atoms with van der Waals surface area (Å²) in [5, 5.41) is 7.60. The van der Waals surface area contributed by atoms with Gasteiger partial charge >= 0.3 is 5.97 Å². The maximum atomic E-state index is 12.2. The number of aryl methyl sites for hydroxylation is 1. The van der Waals surface area contributed by atoms with E-state index in [0.29, 0.717) is 10.7 Å². The normalized spacial score (nSPS) is 10.4. The first-order valence-corrected chi connectivity index (χ1v) is 9.65. The second kappa shape index (κ2) is 9.65. The van der Waals surface area contributed by atoms with Gasteiger partial charge in [-0.2, -0.15) is 0 Å². The number of hydrogen-bond donors (Lipinski definition) is 2. The quantitative estimate of drug-likeness (QED) is 0.550. The Hall–Kier alpha value is -3.46. The number of nitrogens with zero attached hydrogens (tertiary/aromatic N) is 1. The highest BCUT2D eigenvalue weighted by Crippen LogP contribution is 2.15. The van der Waals surface area contributed by atoms with Crippen LogP contribution in [0.25, 0.3) is 0 Å². The van der Waals surface area contributed by atoms with Gasteiger partial charge in [0.05, 0.1) is 18.4 Å². The number of ether oxygens (including phenoxy) is 1. The van der Waals surface area contributed by atoms with E-state index in [1.54, 1.807) is 11.4 Å². The summed E-state index contributed by atoms with van der Waals surface area (Å²) >= 11 is 1.32. The molecule has 0 aliphatic rings. The Morgan fingerprint density at radius 3 is 2.76 bits per heavy atom. The number of carbonyl (C=O) groups excluding carboxylic acids is 3. The summed E-state index contributed by atoms with van der Waals surface area (Å²) < 4.78 is 10.0. The van der Waals surface area contributed by atoms with Crippen LogP contribution in [0.2, 0.25) is 0 Å². The Kier molecular flexibility index (Phi) is 6.75. The first-order chi connectivity index (χ1) is 14.0. The van der Waals surface area contributed by atoms with Crippen LogP contribution in [0, 0.1) is 6.92 Å². The number of carbonyl (C=O) groups is 3. The third kappa shape index (κ3) is 6.01. The van der Waals surface area contributed by atoms with Gasteiger partial charge in [-0.3, -0.25) is 14.4 Å². The Morgan fingerprint density at radius 1 is 1.17 bits per heavy atom. The van der Waals surface area contributed by atoms with Crippen LogP contribution in [0.15, 0.2) is 52.5 Å². The van der Waals surface area contributed by atoms with Gasteiger partial charge < -0.3 is 19.8 Å². The summed E-state index contributed by atoms with van der Waals surface area (Å²) in [5.41, 5.74) is 2.28. The fourth-order valence-corrected chi connectivity index (χ4v) is 3.17. The molecule has 9 heteroatoms. The Bertz CT molecular complexity index is 997. The molecule has 0 atom stereocenters. The molecular weight excluding hydrogens is 394 g/mol. The van der Waals surface area contributed by atoms with Gasteiger partial charge in [0.15, 0.2) is 5.76 Å². The first kappa shape index (κ1) is 20.3. The lowest BCUT2D eigenvalue weighted by Gasteiger charge is -2.06.